The Morgan fingerprint density at radius 3 is 2.36 bits per heavy atom. The Labute approximate surface area is 130 Å². The van der Waals surface area contributed by atoms with E-state index < -0.39 is 0 Å². The lowest BCUT2D eigenvalue weighted by Crippen LogP contribution is -2.18. The molecule has 1 saturated heterocycles. The number of esters is 1. The molecule has 0 amide bonds. The standard InChI is InChI=1S/C18H19NO3/c1-21-18(20)14-8-10-15(11-9-14)22-17-7-3-2-6-16(17)19-12-4-5-13-19/h2-3,6-11H,4-5,12-13H2,1H3. The van der Waals surface area contributed by atoms with E-state index in [0.717, 1.165) is 24.5 Å². The van der Waals surface area contributed by atoms with Crippen LogP contribution in [0.4, 0.5) is 5.69 Å². The van der Waals surface area contributed by atoms with Gasteiger partial charge in [-0.25, -0.2) is 4.79 Å². The summed E-state index contributed by atoms with van der Waals surface area (Å²) in [6.45, 7) is 2.14. The van der Waals surface area contributed by atoms with Crippen molar-refractivity contribution in [2.24, 2.45) is 0 Å². The summed E-state index contributed by atoms with van der Waals surface area (Å²) in [5, 5.41) is 0. The van der Waals surface area contributed by atoms with Crippen LogP contribution in [0.5, 0.6) is 11.5 Å². The van der Waals surface area contributed by atoms with Gasteiger partial charge in [-0.15, -0.1) is 0 Å². The second-order valence-electron chi connectivity index (χ2n) is 5.28. The highest BCUT2D eigenvalue weighted by Gasteiger charge is 2.16. The van der Waals surface area contributed by atoms with E-state index in [4.69, 9.17) is 9.47 Å². The summed E-state index contributed by atoms with van der Waals surface area (Å²) >= 11 is 0. The molecule has 0 spiro atoms. The van der Waals surface area contributed by atoms with Crippen molar-refractivity contribution in [1.29, 1.82) is 0 Å². The zero-order chi connectivity index (χ0) is 15.4. The minimum absolute atomic E-state index is 0.344. The molecule has 114 valence electrons. The molecule has 22 heavy (non-hydrogen) atoms. The predicted octanol–water partition coefficient (Wildman–Crippen LogP) is 3.87. The second kappa shape index (κ2) is 6.52. The van der Waals surface area contributed by atoms with Crippen LogP contribution in [0.1, 0.15) is 23.2 Å². The van der Waals surface area contributed by atoms with Crippen molar-refractivity contribution in [3.63, 3.8) is 0 Å². The molecule has 0 aromatic heterocycles. The topological polar surface area (TPSA) is 38.8 Å². The third kappa shape index (κ3) is 3.06. The Morgan fingerprint density at radius 2 is 1.68 bits per heavy atom. The molecule has 1 fully saturated rings. The van der Waals surface area contributed by atoms with E-state index in [1.165, 1.54) is 20.0 Å². The minimum Gasteiger partial charge on any atom is -0.465 e. The number of carbonyl (C=O) groups excluding carboxylic acids is 1. The first-order valence-electron chi connectivity index (χ1n) is 7.48. The van der Waals surface area contributed by atoms with E-state index in [1.807, 2.05) is 18.2 Å². The van der Waals surface area contributed by atoms with Crippen molar-refractivity contribution in [1.82, 2.24) is 0 Å². The molecule has 0 saturated carbocycles. The maximum absolute atomic E-state index is 11.4. The molecule has 1 aliphatic rings. The summed E-state index contributed by atoms with van der Waals surface area (Å²) in [6.07, 6.45) is 2.45. The van der Waals surface area contributed by atoms with Gasteiger partial charge >= 0.3 is 5.97 Å². The molecule has 0 bridgehead atoms. The van der Waals surface area contributed by atoms with Crippen LogP contribution < -0.4 is 9.64 Å². The molecule has 0 N–H and O–H groups in total. The molecule has 4 heteroatoms. The van der Waals surface area contributed by atoms with Gasteiger partial charge in [-0.3, -0.25) is 0 Å². The maximum Gasteiger partial charge on any atom is 0.337 e. The van der Waals surface area contributed by atoms with Crippen LogP contribution in [0.15, 0.2) is 48.5 Å². The van der Waals surface area contributed by atoms with Crippen LogP contribution in [0.25, 0.3) is 0 Å². The number of nitrogens with zero attached hydrogens (tertiary/aromatic N) is 1. The average Bonchev–Trinajstić information content (AvgIpc) is 3.10. The van der Waals surface area contributed by atoms with Crippen LogP contribution in [0.2, 0.25) is 0 Å². The van der Waals surface area contributed by atoms with E-state index in [1.54, 1.807) is 24.3 Å². The highest BCUT2D eigenvalue weighted by Crippen LogP contribution is 2.34. The normalized spacial score (nSPS) is 14.0. The van der Waals surface area contributed by atoms with Crippen molar-refractivity contribution >= 4 is 11.7 Å². The van der Waals surface area contributed by atoms with E-state index in [0.29, 0.717) is 11.3 Å². The number of anilines is 1. The van der Waals surface area contributed by atoms with Crippen LogP contribution in [0.3, 0.4) is 0 Å². The summed E-state index contributed by atoms with van der Waals surface area (Å²) in [7, 11) is 1.37. The number of carbonyl (C=O) groups is 1. The predicted molar refractivity (Wildman–Crippen MR) is 85.7 cm³/mol. The van der Waals surface area contributed by atoms with Gasteiger partial charge in [0.2, 0.25) is 0 Å². The Kier molecular flexibility index (Phi) is 4.28. The largest absolute Gasteiger partial charge is 0.465 e. The summed E-state index contributed by atoms with van der Waals surface area (Å²) in [5.41, 5.74) is 1.64. The summed E-state index contributed by atoms with van der Waals surface area (Å²) in [4.78, 5) is 13.8. The van der Waals surface area contributed by atoms with Crippen molar-refractivity contribution in [2.45, 2.75) is 12.8 Å². The zero-order valence-corrected chi connectivity index (χ0v) is 12.6. The molecule has 0 radical (unpaired) electrons. The molecule has 1 aliphatic heterocycles. The number of hydrogen-bond acceptors (Lipinski definition) is 4. The van der Waals surface area contributed by atoms with Crippen molar-refractivity contribution < 1.29 is 14.3 Å². The third-order valence-electron chi connectivity index (χ3n) is 3.82. The fraction of sp³-hybridized carbons (Fsp3) is 0.278. The highest BCUT2D eigenvalue weighted by atomic mass is 16.5. The summed E-state index contributed by atoms with van der Waals surface area (Å²) in [6, 6.07) is 15.0. The molecule has 0 atom stereocenters. The number of rotatable bonds is 4. The highest BCUT2D eigenvalue weighted by molar-refractivity contribution is 5.89. The van der Waals surface area contributed by atoms with E-state index in [9.17, 15) is 4.79 Å². The van der Waals surface area contributed by atoms with Gasteiger partial charge < -0.3 is 14.4 Å². The number of para-hydroxylation sites is 2. The van der Waals surface area contributed by atoms with Crippen LogP contribution in [-0.2, 0) is 4.74 Å². The Bertz CT molecular complexity index is 646. The van der Waals surface area contributed by atoms with E-state index >= 15 is 0 Å². The van der Waals surface area contributed by atoms with E-state index in [-0.39, 0.29) is 5.97 Å². The van der Waals surface area contributed by atoms with Crippen LogP contribution in [0, 0.1) is 0 Å². The number of ether oxygens (including phenoxy) is 2. The molecule has 4 nitrogen and oxygen atoms in total. The third-order valence-corrected chi connectivity index (χ3v) is 3.82. The van der Waals surface area contributed by atoms with Gasteiger partial charge in [0.15, 0.2) is 5.75 Å². The van der Waals surface area contributed by atoms with Gasteiger partial charge in [0.1, 0.15) is 5.75 Å². The van der Waals surface area contributed by atoms with E-state index in [2.05, 4.69) is 11.0 Å². The molecular formula is C18H19NO3. The molecule has 2 aromatic carbocycles. The average molecular weight is 297 g/mol. The smallest absolute Gasteiger partial charge is 0.337 e. The molecule has 0 aliphatic carbocycles. The second-order valence-corrected chi connectivity index (χ2v) is 5.28. The maximum atomic E-state index is 11.4. The number of methoxy groups -OCH3 is 1. The Hall–Kier alpha value is -2.49. The summed E-state index contributed by atoms with van der Waals surface area (Å²) in [5.74, 6) is 1.21. The van der Waals surface area contributed by atoms with Gasteiger partial charge in [-0.1, -0.05) is 12.1 Å². The lowest BCUT2D eigenvalue weighted by molar-refractivity contribution is 0.0600. The van der Waals surface area contributed by atoms with Gasteiger partial charge in [-0.05, 0) is 49.2 Å². The molecule has 3 rings (SSSR count). The molecule has 0 unspecified atom stereocenters. The number of benzene rings is 2. The van der Waals surface area contributed by atoms with Gasteiger partial charge in [0, 0.05) is 13.1 Å². The van der Waals surface area contributed by atoms with Crippen LogP contribution in [-0.4, -0.2) is 26.2 Å². The Balaban J connectivity index is 1.79. The fourth-order valence-electron chi connectivity index (χ4n) is 2.67. The molecular weight excluding hydrogens is 278 g/mol. The van der Waals surface area contributed by atoms with Gasteiger partial charge in [-0.2, -0.15) is 0 Å². The minimum atomic E-state index is -0.344. The SMILES string of the molecule is COC(=O)c1ccc(Oc2ccccc2N2CCCC2)cc1. The number of hydrogen-bond donors (Lipinski definition) is 0. The van der Waals surface area contributed by atoms with Crippen molar-refractivity contribution in [3.8, 4) is 11.5 Å². The van der Waals surface area contributed by atoms with Crippen LogP contribution >= 0.6 is 0 Å². The van der Waals surface area contributed by atoms with Gasteiger partial charge in [0.25, 0.3) is 0 Å². The van der Waals surface area contributed by atoms with Crippen molar-refractivity contribution in [2.75, 3.05) is 25.1 Å². The Morgan fingerprint density at radius 1 is 1.00 bits per heavy atom. The monoisotopic (exact) mass is 297 g/mol. The first-order chi connectivity index (χ1) is 10.8. The quantitative estimate of drug-likeness (QED) is 0.803. The zero-order valence-electron chi connectivity index (χ0n) is 12.6. The lowest BCUT2D eigenvalue weighted by atomic mass is 10.2. The first kappa shape index (κ1) is 14.4. The van der Waals surface area contributed by atoms with Crippen molar-refractivity contribution in [3.05, 3.63) is 54.1 Å². The van der Waals surface area contributed by atoms with Gasteiger partial charge in [0.05, 0.1) is 18.4 Å². The summed E-state index contributed by atoms with van der Waals surface area (Å²) < 4.78 is 10.7. The lowest BCUT2D eigenvalue weighted by Gasteiger charge is -2.21. The fourth-order valence-corrected chi connectivity index (χ4v) is 2.67. The molecule has 2 aromatic rings. The molecule has 1 heterocycles. The first-order valence-corrected chi connectivity index (χ1v) is 7.48.